The first kappa shape index (κ1) is 29.6. The van der Waals surface area contributed by atoms with Gasteiger partial charge in [-0.05, 0) is 97.7 Å². The van der Waals surface area contributed by atoms with Crippen LogP contribution in [0.1, 0.15) is 78.1 Å². The minimum atomic E-state index is -0.921. The molecule has 2 aromatic carbocycles. The SMILES string of the molecule is COC(=O)c1cc2c(cc1Cl)CCC[C@]21COc2ccc3cc2N(C[C@@H]2CC[C@H]2[C@@H](O)/C=C/C[C@H]2CCN2C(=O)C[C@H]3O)C1. The van der Waals surface area contributed by atoms with Crippen molar-refractivity contribution in [2.24, 2.45) is 11.8 Å². The molecule has 9 heteroatoms. The largest absolute Gasteiger partial charge is 0.490 e. The molecule has 2 fully saturated rings. The van der Waals surface area contributed by atoms with E-state index in [-0.39, 0.29) is 24.3 Å². The maximum atomic E-state index is 13.2. The Morgan fingerprint density at radius 1 is 1.16 bits per heavy atom. The maximum Gasteiger partial charge on any atom is 0.339 e. The molecular weight excluding hydrogens is 580 g/mol. The smallest absolute Gasteiger partial charge is 0.339 e. The Bertz CT molecular complexity index is 1490. The number of halogens is 1. The van der Waals surface area contributed by atoms with Crippen LogP contribution in [0, 0.1) is 11.8 Å². The maximum absolute atomic E-state index is 13.2. The minimum Gasteiger partial charge on any atom is -0.490 e. The van der Waals surface area contributed by atoms with Gasteiger partial charge in [-0.25, -0.2) is 4.79 Å². The van der Waals surface area contributed by atoms with E-state index in [0.717, 1.165) is 74.1 Å². The van der Waals surface area contributed by atoms with Crippen LogP contribution in [0.4, 0.5) is 5.69 Å². The summed E-state index contributed by atoms with van der Waals surface area (Å²) in [5.41, 5.74) is 3.73. The number of methoxy groups -OCH3 is 1. The van der Waals surface area contributed by atoms with Crippen molar-refractivity contribution in [3.8, 4) is 5.75 Å². The summed E-state index contributed by atoms with van der Waals surface area (Å²) in [4.78, 5) is 30.0. The number of hydrogen-bond acceptors (Lipinski definition) is 7. The molecular formula is C35H41ClN2O6. The van der Waals surface area contributed by atoms with E-state index in [4.69, 9.17) is 21.1 Å². The topological polar surface area (TPSA) is 99.5 Å². The molecule has 0 radical (unpaired) electrons. The molecule has 44 heavy (non-hydrogen) atoms. The van der Waals surface area contributed by atoms with Crippen molar-refractivity contribution < 1.29 is 29.3 Å². The van der Waals surface area contributed by atoms with E-state index in [2.05, 4.69) is 4.90 Å². The highest BCUT2D eigenvalue weighted by Crippen LogP contribution is 2.47. The number of aliphatic hydroxyl groups excluding tert-OH is 2. The highest BCUT2D eigenvalue weighted by Gasteiger charge is 2.45. The summed E-state index contributed by atoms with van der Waals surface area (Å²) in [5, 5.41) is 22.8. The fourth-order valence-electron chi connectivity index (χ4n) is 8.12. The molecule has 1 spiro atoms. The van der Waals surface area contributed by atoms with Crippen LogP contribution < -0.4 is 9.64 Å². The molecule has 1 saturated heterocycles. The van der Waals surface area contributed by atoms with Gasteiger partial charge in [-0.3, -0.25) is 4.79 Å². The third kappa shape index (κ3) is 5.19. The van der Waals surface area contributed by atoms with Crippen molar-refractivity contribution in [3.05, 3.63) is 69.8 Å². The number of aliphatic hydroxyl groups is 2. The molecule has 6 atom stereocenters. The lowest BCUT2D eigenvalue weighted by Gasteiger charge is -2.45. The van der Waals surface area contributed by atoms with Crippen molar-refractivity contribution in [2.45, 2.75) is 75.0 Å². The van der Waals surface area contributed by atoms with Crippen molar-refractivity contribution in [3.63, 3.8) is 0 Å². The van der Waals surface area contributed by atoms with Crippen molar-refractivity contribution in [1.82, 2.24) is 4.90 Å². The Morgan fingerprint density at radius 2 is 2.02 bits per heavy atom. The second kappa shape index (κ2) is 11.7. The van der Waals surface area contributed by atoms with E-state index in [1.54, 1.807) is 0 Å². The third-order valence-corrected chi connectivity index (χ3v) is 11.2. The number of carbonyl (C=O) groups is 2. The summed E-state index contributed by atoms with van der Waals surface area (Å²) >= 11 is 6.56. The van der Waals surface area contributed by atoms with Crippen LogP contribution >= 0.6 is 11.6 Å². The molecule has 2 bridgehead atoms. The number of benzene rings is 2. The van der Waals surface area contributed by atoms with Crippen LogP contribution in [0.2, 0.25) is 5.02 Å². The molecule has 7 rings (SSSR count). The molecule has 5 aliphatic rings. The average molecular weight is 621 g/mol. The van der Waals surface area contributed by atoms with E-state index in [1.165, 1.54) is 7.11 Å². The van der Waals surface area contributed by atoms with Crippen molar-refractivity contribution >= 4 is 29.2 Å². The summed E-state index contributed by atoms with van der Waals surface area (Å²) in [6.07, 6.45) is 8.91. The second-order valence-corrected chi connectivity index (χ2v) is 13.8. The Kier molecular flexibility index (Phi) is 7.88. The van der Waals surface area contributed by atoms with E-state index < -0.39 is 23.6 Å². The van der Waals surface area contributed by atoms with Gasteiger partial charge < -0.3 is 29.5 Å². The van der Waals surface area contributed by atoms with Crippen molar-refractivity contribution in [1.29, 1.82) is 0 Å². The minimum absolute atomic E-state index is 0.0293. The molecule has 3 aliphatic heterocycles. The first-order valence-corrected chi connectivity index (χ1v) is 16.4. The summed E-state index contributed by atoms with van der Waals surface area (Å²) in [6, 6.07) is 9.72. The summed E-state index contributed by atoms with van der Waals surface area (Å²) < 4.78 is 11.7. The number of fused-ring (bicyclic) bond motifs is 5. The zero-order valence-corrected chi connectivity index (χ0v) is 26.0. The van der Waals surface area contributed by atoms with E-state index in [1.807, 2.05) is 47.4 Å². The monoisotopic (exact) mass is 620 g/mol. The Labute approximate surface area is 263 Å². The molecule has 2 N–H and O–H groups in total. The van der Waals surface area contributed by atoms with Gasteiger partial charge in [0.1, 0.15) is 5.75 Å². The number of hydrogen-bond donors (Lipinski definition) is 2. The summed E-state index contributed by atoms with van der Waals surface area (Å²) in [7, 11) is 1.36. The van der Waals surface area contributed by atoms with Crippen molar-refractivity contribution in [2.75, 3.05) is 38.3 Å². The number of nitrogens with zero attached hydrogens (tertiary/aromatic N) is 2. The van der Waals surface area contributed by atoms with Gasteiger partial charge in [-0.2, -0.15) is 0 Å². The fraction of sp³-hybridized carbons (Fsp3) is 0.543. The first-order valence-electron chi connectivity index (χ1n) is 16.0. The Balaban J connectivity index is 1.29. The van der Waals surface area contributed by atoms with Crippen LogP contribution in [-0.2, 0) is 21.4 Å². The normalized spacial score (nSPS) is 32.2. The standard InChI is InChI=1S/C35H41ClN2O6/c1-43-34(42)26-16-27-21(14-28(26)36)4-3-12-35(27)19-37-18-23-7-9-25(23)30(39)6-2-5-24-11-13-38(24)33(41)17-31(40)22-8-10-32(44-20-35)29(37)15-22/h2,6,8,10,14-16,23-25,30-31,39-40H,3-5,7,9,11-13,17-20H2,1H3/b6-2+/t23-,24-,25+,30-,31+,35-/m0/s1. The molecule has 2 aromatic rings. The quantitative estimate of drug-likeness (QED) is 0.343. The Morgan fingerprint density at radius 3 is 2.77 bits per heavy atom. The van der Waals surface area contributed by atoms with Crippen LogP contribution in [0.25, 0.3) is 0 Å². The number of rotatable bonds is 1. The molecule has 234 valence electrons. The Hall–Kier alpha value is -3.07. The fourth-order valence-corrected chi connectivity index (χ4v) is 8.38. The number of carbonyl (C=O) groups excluding carboxylic acids is 2. The zero-order valence-electron chi connectivity index (χ0n) is 25.2. The predicted molar refractivity (Wildman–Crippen MR) is 167 cm³/mol. The highest BCUT2D eigenvalue weighted by molar-refractivity contribution is 6.33. The van der Waals surface area contributed by atoms with Gasteiger partial charge in [-0.1, -0.05) is 29.8 Å². The number of aryl methyl sites for hydroxylation is 1. The predicted octanol–water partition coefficient (Wildman–Crippen LogP) is 4.97. The van der Waals surface area contributed by atoms with Gasteiger partial charge >= 0.3 is 5.97 Å². The molecule has 2 aliphatic carbocycles. The van der Waals surface area contributed by atoms with Gasteiger partial charge in [0, 0.05) is 31.1 Å². The number of anilines is 1. The average Bonchev–Trinajstić information content (AvgIpc) is 3.12. The molecule has 0 unspecified atom stereocenters. The van der Waals surface area contributed by atoms with E-state index >= 15 is 0 Å². The lowest BCUT2D eigenvalue weighted by atomic mass is 9.68. The third-order valence-electron chi connectivity index (χ3n) is 10.9. The van der Waals surface area contributed by atoms with E-state index in [0.29, 0.717) is 41.8 Å². The second-order valence-electron chi connectivity index (χ2n) is 13.4. The van der Waals surface area contributed by atoms with Crippen LogP contribution in [0.15, 0.2) is 42.5 Å². The summed E-state index contributed by atoms with van der Waals surface area (Å²) in [5.74, 6) is 0.672. The van der Waals surface area contributed by atoms with E-state index in [9.17, 15) is 19.8 Å². The molecule has 3 heterocycles. The van der Waals surface area contributed by atoms with Crippen LogP contribution in [0.5, 0.6) is 5.75 Å². The lowest BCUT2D eigenvalue weighted by molar-refractivity contribution is -0.140. The van der Waals surface area contributed by atoms with Gasteiger partial charge in [0.15, 0.2) is 0 Å². The van der Waals surface area contributed by atoms with Gasteiger partial charge in [0.05, 0.1) is 48.6 Å². The lowest BCUT2D eigenvalue weighted by Crippen LogP contribution is -2.51. The molecule has 0 aromatic heterocycles. The number of amides is 1. The first-order chi connectivity index (χ1) is 21.3. The zero-order chi connectivity index (χ0) is 30.6. The van der Waals surface area contributed by atoms with Gasteiger partial charge in [0.2, 0.25) is 5.91 Å². The number of ether oxygens (including phenoxy) is 2. The van der Waals surface area contributed by atoms with Crippen LogP contribution in [0.3, 0.4) is 0 Å². The van der Waals surface area contributed by atoms with Gasteiger partial charge in [-0.15, -0.1) is 0 Å². The summed E-state index contributed by atoms with van der Waals surface area (Å²) in [6.45, 7) is 2.52. The number of esters is 1. The highest BCUT2D eigenvalue weighted by atomic mass is 35.5. The molecule has 8 nitrogen and oxygen atoms in total. The van der Waals surface area contributed by atoms with Gasteiger partial charge in [0.25, 0.3) is 0 Å². The van der Waals surface area contributed by atoms with Crippen LogP contribution in [-0.4, -0.2) is 72.5 Å². The molecule has 1 saturated carbocycles. The molecule has 1 amide bonds.